The predicted molar refractivity (Wildman–Crippen MR) is 103 cm³/mol. The third-order valence-electron chi connectivity index (χ3n) is 5.85. The van der Waals surface area contributed by atoms with E-state index in [1.54, 1.807) is 23.9 Å². The Kier molecular flexibility index (Phi) is 4.72. The van der Waals surface area contributed by atoms with E-state index in [9.17, 15) is 19.5 Å². The number of imide groups is 1. The van der Waals surface area contributed by atoms with Gasteiger partial charge in [-0.05, 0) is 61.0 Å². The van der Waals surface area contributed by atoms with Gasteiger partial charge in [-0.2, -0.15) is 11.8 Å². The summed E-state index contributed by atoms with van der Waals surface area (Å²) in [5.41, 5.74) is 0.521. The fraction of sp³-hybridized carbons (Fsp3) is 0.450. The Balaban J connectivity index is 1.56. The molecule has 1 saturated carbocycles. The lowest BCUT2D eigenvalue weighted by Gasteiger charge is -2.27. The van der Waals surface area contributed by atoms with Crippen LogP contribution in [0.4, 0.5) is 5.69 Å². The minimum absolute atomic E-state index is 0.104. The quantitative estimate of drug-likeness (QED) is 0.445. The maximum absolute atomic E-state index is 13.0. The van der Waals surface area contributed by atoms with E-state index >= 15 is 0 Å². The minimum atomic E-state index is -0.809. The third-order valence-corrected chi connectivity index (χ3v) is 6.49. The molecule has 0 spiro atoms. The van der Waals surface area contributed by atoms with E-state index in [4.69, 9.17) is 0 Å². The number of phenolic OH excluding ortho intramolecular Hbond substituents is 1. The highest BCUT2D eigenvalue weighted by Gasteiger charge is 2.60. The van der Waals surface area contributed by atoms with Gasteiger partial charge >= 0.3 is 0 Å². The largest absolute Gasteiger partial charge is 0.508 e. The van der Waals surface area contributed by atoms with Crippen LogP contribution in [0.5, 0.6) is 5.75 Å². The van der Waals surface area contributed by atoms with Gasteiger partial charge in [0.05, 0.1) is 11.8 Å². The number of carbonyl (C=O) groups excluding carboxylic acids is 3. The zero-order valence-corrected chi connectivity index (χ0v) is 15.8. The van der Waals surface area contributed by atoms with Crippen molar-refractivity contribution in [3.05, 3.63) is 36.4 Å². The van der Waals surface area contributed by atoms with Crippen molar-refractivity contribution in [2.24, 2.45) is 23.7 Å². The number of amides is 3. The van der Waals surface area contributed by atoms with E-state index in [0.717, 1.165) is 6.42 Å². The summed E-state index contributed by atoms with van der Waals surface area (Å²) in [7, 11) is 0. The Morgan fingerprint density at radius 1 is 1.19 bits per heavy atom. The van der Waals surface area contributed by atoms with Crippen LogP contribution in [0.15, 0.2) is 36.4 Å². The number of anilines is 1. The van der Waals surface area contributed by atoms with Crippen LogP contribution in [-0.2, 0) is 14.4 Å². The smallest absolute Gasteiger partial charge is 0.247 e. The molecule has 5 unspecified atom stereocenters. The van der Waals surface area contributed by atoms with Crippen molar-refractivity contribution in [1.82, 2.24) is 4.90 Å². The maximum atomic E-state index is 13.0. The number of aromatic hydroxyl groups is 1. The lowest BCUT2D eigenvalue weighted by molar-refractivity contribution is -0.147. The van der Waals surface area contributed by atoms with Crippen molar-refractivity contribution in [2.75, 3.05) is 17.3 Å². The number of rotatable bonds is 6. The van der Waals surface area contributed by atoms with Crippen molar-refractivity contribution < 1.29 is 19.5 Å². The highest BCUT2D eigenvalue weighted by atomic mass is 32.2. The van der Waals surface area contributed by atoms with Gasteiger partial charge in [-0.25, -0.2) is 0 Å². The average molecular weight is 386 g/mol. The molecule has 4 rings (SSSR count). The number of benzene rings is 1. The number of hydrogen-bond acceptors (Lipinski definition) is 5. The van der Waals surface area contributed by atoms with Crippen LogP contribution in [0.2, 0.25) is 0 Å². The Morgan fingerprint density at radius 3 is 2.33 bits per heavy atom. The number of carbonyl (C=O) groups is 3. The number of likely N-dealkylation sites (tertiary alicyclic amines) is 1. The monoisotopic (exact) mass is 386 g/mol. The van der Waals surface area contributed by atoms with E-state index < -0.39 is 6.04 Å². The zero-order valence-electron chi connectivity index (χ0n) is 15.0. The van der Waals surface area contributed by atoms with Crippen LogP contribution in [0.25, 0.3) is 0 Å². The molecule has 1 saturated heterocycles. The first-order chi connectivity index (χ1) is 13.0. The number of nitrogens with zero attached hydrogens (tertiary/aromatic N) is 1. The highest BCUT2D eigenvalue weighted by Crippen LogP contribution is 2.53. The van der Waals surface area contributed by atoms with Crippen molar-refractivity contribution in [3.63, 3.8) is 0 Å². The zero-order chi connectivity index (χ0) is 19.1. The van der Waals surface area contributed by atoms with Crippen molar-refractivity contribution >= 4 is 35.2 Å². The van der Waals surface area contributed by atoms with E-state index in [1.165, 1.54) is 17.0 Å². The third kappa shape index (κ3) is 3.04. The summed E-state index contributed by atoms with van der Waals surface area (Å²) in [6.07, 6.45) is 7.32. The Labute approximate surface area is 162 Å². The first-order valence-electron chi connectivity index (χ1n) is 9.15. The van der Waals surface area contributed by atoms with Gasteiger partial charge in [0.25, 0.3) is 0 Å². The fourth-order valence-electron chi connectivity index (χ4n) is 4.61. The molecule has 142 valence electrons. The van der Waals surface area contributed by atoms with Gasteiger partial charge in [0, 0.05) is 5.69 Å². The van der Waals surface area contributed by atoms with E-state index in [-0.39, 0.29) is 47.1 Å². The molecule has 1 aromatic carbocycles. The van der Waals surface area contributed by atoms with Gasteiger partial charge in [-0.1, -0.05) is 12.2 Å². The number of allylic oxidation sites excluding steroid dienone is 2. The molecule has 2 fully saturated rings. The van der Waals surface area contributed by atoms with Gasteiger partial charge in [0.15, 0.2) is 0 Å². The lowest BCUT2D eigenvalue weighted by Crippen LogP contribution is -2.48. The topological polar surface area (TPSA) is 86.7 Å². The minimum Gasteiger partial charge on any atom is -0.508 e. The molecule has 0 aromatic heterocycles. The van der Waals surface area contributed by atoms with Crippen LogP contribution in [0, 0.1) is 23.7 Å². The molecule has 6 nitrogen and oxygen atoms in total. The lowest BCUT2D eigenvalue weighted by atomic mass is 9.85. The van der Waals surface area contributed by atoms with Crippen molar-refractivity contribution in [3.8, 4) is 5.75 Å². The second kappa shape index (κ2) is 7.03. The second-order valence-corrected chi connectivity index (χ2v) is 8.37. The van der Waals surface area contributed by atoms with E-state index in [1.807, 2.05) is 18.4 Å². The summed E-state index contributed by atoms with van der Waals surface area (Å²) in [5, 5.41) is 12.2. The summed E-state index contributed by atoms with van der Waals surface area (Å²) in [5.74, 6) is -0.334. The van der Waals surface area contributed by atoms with Gasteiger partial charge in [-0.15, -0.1) is 0 Å². The highest BCUT2D eigenvalue weighted by molar-refractivity contribution is 7.98. The van der Waals surface area contributed by atoms with Crippen LogP contribution < -0.4 is 5.32 Å². The molecule has 5 atom stereocenters. The molecular formula is C20H22N2O4S. The van der Waals surface area contributed by atoms with Crippen molar-refractivity contribution in [2.45, 2.75) is 18.9 Å². The van der Waals surface area contributed by atoms with E-state index in [0.29, 0.717) is 17.9 Å². The SMILES string of the molecule is CSCCC(C(=O)Nc1ccc(O)cc1)N1C(=O)C2C3C=CC(C3)C2C1=O. The van der Waals surface area contributed by atoms with Gasteiger partial charge in [0.2, 0.25) is 17.7 Å². The molecule has 27 heavy (non-hydrogen) atoms. The number of phenols is 1. The fourth-order valence-corrected chi connectivity index (χ4v) is 5.07. The number of thioether (sulfide) groups is 1. The molecule has 1 aromatic rings. The Morgan fingerprint density at radius 2 is 1.78 bits per heavy atom. The maximum Gasteiger partial charge on any atom is 0.247 e. The molecular weight excluding hydrogens is 364 g/mol. The number of fused-ring (bicyclic) bond motifs is 5. The van der Waals surface area contributed by atoms with Gasteiger partial charge < -0.3 is 10.4 Å². The van der Waals surface area contributed by atoms with Crippen LogP contribution >= 0.6 is 11.8 Å². The summed E-state index contributed by atoms with van der Waals surface area (Å²) < 4.78 is 0. The van der Waals surface area contributed by atoms with Crippen LogP contribution in [-0.4, -0.2) is 45.8 Å². The molecule has 1 heterocycles. The Hall–Kier alpha value is -2.28. The normalized spacial score (nSPS) is 29.3. The molecule has 2 bridgehead atoms. The Bertz CT molecular complexity index is 777. The molecule has 3 amide bonds. The van der Waals surface area contributed by atoms with Crippen LogP contribution in [0.1, 0.15) is 12.8 Å². The first-order valence-corrected chi connectivity index (χ1v) is 10.5. The average Bonchev–Trinajstić information content (AvgIpc) is 3.33. The van der Waals surface area contributed by atoms with Crippen molar-refractivity contribution in [1.29, 1.82) is 0 Å². The first kappa shape index (κ1) is 18.1. The summed E-state index contributed by atoms with van der Waals surface area (Å²) >= 11 is 1.58. The van der Waals surface area contributed by atoms with Crippen LogP contribution in [0.3, 0.4) is 0 Å². The predicted octanol–water partition coefficient (Wildman–Crippen LogP) is 2.26. The molecule has 2 aliphatic carbocycles. The number of nitrogens with one attached hydrogen (secondary N) is 1. The molecule has 7 heteroatoms. The number of hydrogen-bond donors (Lipinski definition) is 2. The molecule has 3 aliphatic rings. The van der Waals surface area contributed by atoms with Gasteiger partial charge in [-0.3, -0.25) is 19.3 Å². The molecule has 1 aliphatic heterocycles. The molecule has 0 radical (unpaired) electrons. The van der Waals surface area contributed by atoms with E-state index in [2.05, 4.69) is 5.32 Å². The summed E-state index contributed by atoms with van der Waals surface area (Å²) in [6.45, 7) is 0. The molecule has 2 N–H and O–H groups in total. The van der Waals surface area contributed by atoms with Gasteiger partial charge in [0.1, 0.15) is 11.8 Å². The standard InChI is InChI=1S/C20H22N2O4S/c1-27-9-8-15(18(24)21-13-4-6-14(23)7-5-13)22-19(25)16-11-2-3-12(10-11)17(16)20(22)26/h2-7,11-12,15-17,23H,8-10H2,1H3,(H,21,24). The summed E-state index contributed by atoms with van der Waals surface area (Å²) in [4.78, 5) is 40.3. The second-order valence-electron chi connectivity index (χ2n) is 7.38. The summed E-state index contributed by atoms with van der Waals surface area (Å²) in [6, 6.07) is 5.33.